The lowest BCUT2D eigenvalue weighted by Crippen LogP contribution is -2.15. The van der Waals surface area contributed by atoms with E-state index in [1.165, 1.54) is 0 Å². The standard InChI is InChI=1S/C15H12BrClO2/c16-13-7-3-2-6-11(13)12(15(18)19)9-10-5-1-4-8-14(10)17/h1-8,12H,9H2,(H,18,19). The first-order valence-electron chi connectivity index (χ1n) is 5.80. The summed E-state index contributed by atoms with van der Waals surface area (Å²) in [4.78, 5) is 11.5. The number of hydrogen-bond donors (Lipinski definition) is 1. The summed E-state index contributed by atoms with van der Waals surface area (Å²) in [5.41, 5.74) is 1.60. The van der Waals surface area contributed by atoms with Crippen LogP contribution in [-0.2, 0) is 11.2 Å². The molecule has 0 heterocycles. The number of rotatable bonds is 4. The smallest absolute Gasteiger partial charge is 0.311 e. The summed E-state index contributed by atoms with van der Waals surface area (Å²) in [6.07, 6.45) is 0.373. The van der Waals surface area contributed by atoms with E-state index in [0.717, 1.165) is 15.6 Å². The van der Waals surface area contributed by atoms with Crippen LogP contribution in [0.15, 0.2) is 53.0 Å². The average molecular weight is 340 g/mol. The molecule has 0 saturated carbocycles. The molecule has 0 aliphatic rings. The molecular weight excluding hydrogens is 328 g/mol. The molecule has 2 rings (SSSR count). The normalized spacial score (nSPS) is 12.1. The fourth-order valence-electron chi connectivity index (χ4n) is 1.97. The first kappa shape index (κ1) is 14.1. The Kier molecular flexibility index (Phi) is 4.61. The third-order valence-corrected chi connectivity index (χ3v) is 4.05. The van der Waals surface area contributed by atoms with Gasteiger partial charge in [0.05, 0.1) is 5.92 Å². The number of carboxylic acids is 1. The predicted molar refractivity (Wildman–Crippen MR) is 79.7 cm³/mol. The van der Waals surface area contributed by atoms with Gasteiger partial charge >= 0.3 is 5.97 Å². The molecule has 19 heavy (non-hydrogen) atoms. The molecule has 0 spiro atoms. The van der Waals surface area contributed by atoms with Crippen molar-refractivity contribution in [3.8, 4) is 0 Å². The molecule has 0 radical (unpaired) electrons. The third-order valence-electron chi connectivity index (χ3n) is 2.96. The van der Waals surface area contributed by atoms with Crippen molar-refractivity contribution < 1.29 is 9.90 Å². The lowest BCUT2D eigenvalue weighted by molar-refractivity contribution is -0.138. The number of aliphatic carboxylic acids is 1. The van der Waals surface area contributed by atoms with Gasteiger partial charge in [-0.15, -0.1) is 0 Å². The molecular formula is C15H12BrClO2. The SMILES string of the molecule is O=C(O)C(Cc1ccccc1Cl)c1ccccc1Br. The Labute approximate surface area is 125 Å². The molecule has 0 aliphatic carbocycles. The summed E-state index contributed by atoms with van der Waals surface area (Å²) in [6, 6.07) is 14.7. The van der Waals surface area contributed by atoms with Crippen molar-refractivity contribution in [1.82, 2.24) is 0 Å². The Morgan fingerprint density at radius 2 is 1.79 bits per heavy atom. The topological polar surface area (TPSA) is 37.3 Å². The second-order valence-corrected chi connectivity index (χ2v) is 5.47. The van der Waals surface area contributed by atoms with E-state index in [1.54, 1.807) is 6.07 Å². The predicted octanol–water partition coefficient (Wildman–Crippen LogP) is 4.51. The molecule has 98 valence electrons. The van der Waals surface area contributed by atoms with Crippen LogP contribution in [0.5, 0.6) is 0 Å². The van der Waals surface area contributed by atoms with E-state index in [2.05, 4.69) is 15.9 Å². The van der Waals surface area contributed by atoms with Crippen LogP contribution in [0.2, 0.25) is 5.02 Å². The summed E-state index contributed by atoms with van der Waals surface area (Å²) in [5, 5.41) is 10.0. The van der Waals surface area contributed by atoms with Gasteiger partial charge in [0, 0.05) is 9.50 Å². The molecule has 1 atom stereocenters. The highest BCUT2D eigenvalue weighted by molar-refractivity contribution is 9.10. The third kappa shape index (κ3) is 3.37. The molecule has 0 fully saturated rings. The van der Waals surface area contributed by atoms with Gasteiger partial charge in [0.1, 0.15) is 0 Å². The highest BCUT2D eigenvalue weighted by atomic mass is 79.9. The van der Waals surface area contributed by atoms with Crippen LogP contribution in [0.1, 0.15) is 17.0 Å². The van der Waals surface area contributed by atoms with Crippen LogP contribution >= 0.6 is 27.5 Å². The first-order valence-corrected chi connectivity index (χ1v) is 6.97. The van der Waals surface area contributed by atoms with E-state index < -0.39 is 11.9 Å². The maximum atomic E-state index is 11.5. The van der Waals surface area contributed by atoms with Crippen molar-refractivity contribution in [2.45, 2.75) is 12.3 Å². The fraction of sp³-hybridized carbons (Fsp3) is 0.133. The summed E-state index contributed by atoms with van der Waals surface area (Å²) in [5.74, 6) is -1.47. The number of carbonyl (C=O) groups is 1. The summed E-state index contributed by atoms with van der Waals surface area (Å²) in [7, 11) is 0. The highest BCUT2D eigenvalue weighted by Gasteiger charge is 2.23. The van der Waals surface area contributed by atoms with E-state index in [-0.39, 0.29) is 0 Å². The minimum absolute atomic E-state index is 0.373. The number of hydrogen-bond acceptors (Lipinski definition) is 1. The van der Waals surface area contributed by atoms with Gasteiger partial charge in [-0.3, -0.25) is 4.79 Å². The second-order valence-electron chi connectivity index (χ2n) is 4.21. The molecule has 4 heteroatoms. The van der Waals surface area contributed by atoms with Crippen LogP contribution in [0.25, 0.3) is 0 Å². The van der Waals surface area contributed by atoms with Crippen molar-refractivity contribution in [2.24, 2.45) is 0 Å². The van der Waals surface area contributed by atoms with E-state index in [1.807, 2.05) is 42.5 Å². The zero-order chi connectivity index (χ0) is 13.8. The van der Waals surface area contributed by atoms with Gasteiger partial charge in [0.25, 0.3) is 0 Å². The molecule has 0 saturated heterocycles. The maximum absolute atomic E-state index is 11.5. The lowest BCUT2D eigenvalue weighted by Gasteiger charge is -2.15. The Morgan fingerprint density at radius 1 is 1.16 bits per heavy atom. The summed E-state index contributed by atoms with van der Waals surface area (Å²) < 4.78 is 0.800. The quantitative estimate of drug-likeness (QED) is 0.889. The van der Waals surface area contributed by atoms with Gasteiger partial charge in [-0.2, -0.15) is 0 Å². The van der Waals surface area contributed by atoms with Crippen molar-refractivity contribution in [2.75, 3.05) is 0 Å². The number of carboxylic acid groups (broad SMARTS) is 1. The molecule has 0 amide bonds. The molecule has 0 aliphatic heterocycles. The second kappa shape index (κ2) is 6.22. The van der Waals surface area contributed by atoms with Crippen molar-refractivity contribution in [3.05, 3.63) is 69.2 Å². The van der Waals surface area contributed by atoms with Crippen LogP contribution in [0.4, 0.5) is 0 Å². The van der Waals surface area contributed by atoms with Gasteiger partial charge in [-0.1, -0.05) is 63.9 Å². The zero-order valence-electron chi connectivity index (χ0n) is 10.0. The molecule has 0 aromatic heterocycles. The van der Waals surface area contributed by atoms with Crippen molar-refractivity contribution in [1.29, 1.82) is 0 Å². The van der Waals surface area contributed by atoms with Gasteiger partial charge in [-0.05, 0) is 29.7 Å². The van der Waals surface area contributed by atoms with Crippen molar-refractivity contribution in [3.63, 3.8) is 0 Å². The summed E-state index contributed by atoms with van der Waals surface area (Å²) in [6.45, 7) is 0. The van der Waals surface area contributed by atoms with Gasteiger partial charge < -0.3 is 5.11 Å². The maximum Gasteiger partial charge on any atom is 0.311 e. The van der Waals surface area contributed by atoms with Crippen LogP contribution in [0, 0.1) is 0 Å². The monoisotopic (exact) mass is 338 g/mol. The Morgan fingerprint density at radius 3 is 2.42 bits per heavy atom. The van der Waals surface area contributed by atoms with Crippen LogP contribution in [0.3, 0.4) is 0 Å². The highest BCUT2D eigenvalue weighted by Crippen LogP contribution is 2.30. The number of benzene rings is 2. The molecule has 2 aromatic rings. The van der Waals surface area contributed by atoms with Crippen molar-refractivity contribution >= 4 is 33.5 Å². The molecule has 1 N–H and O–H groups in total. The number of halogens is 2. The molecule has 0 bridgehead atoms. The van der Waals surface area contributed by atoms with Gasteiger partial charge in [0.15, 0.2) is 0 Å². The van der Waals surface area contributed by atoms with Crippen LogP contribution < -0.4 is 0 Å². The average Bonchev–Trinajstić information content (AvgIpc) is 2.38. The van der Waals surface area contributed by atoms with E-state index in [4.69, 9.17) is 11.6 Å². The zero-order valence-corrected chi connectivity index (χ0v) is 12.4. The van der Waals surface area contributed by atoms with E-state index in [0.29, 0.717) is 11.4 Å². The van der Waals surface area contributed by atoms with Crippen LogP contribution in [-0.4, -0.2) is 11.1 Å². The Hall–Kier alpha value is -1.32. The molecule has 1 unspecified atom stereocenters. The minimum Gasteiger partial charge on any atom is -0.481 e. The van der Waals surface area contributed by atoms with E-state index >= 15 is 0 Å². The van der Waals surface area contributed by atoms with Gasteiger partial charge in [-0.25, -0.2) is 0 Å². The summed E-state index contributed by atoms with van der Waals surface area (Å²) >= 11 is 9.50. The molecule has 2 aromatic carbocycles. The Balaban J connectivity index is 2.35. The lowest BCUT2D eigenvalue weighted by atomic mass is 9.92. The first-order chi connectivity index (χ1) is 9.09. The fourth-order valence-corrected chi connectivity index (χ4v) is 2.75. The largest absolute Gasteiger partial charge is 0.481 e. The minimum atomic E-state index is -0.855. The van der Waals surface area contributed by atoms with Gasteiger partial charge in [0.2, 0.25) is 0 Å². The van der Waals surface area contributed by atoms with E-state index in [9.17, 15) is 9.90 Å². The Bertz CT molecular complexity index is 598. The molecule has 2 nitrogen and oxygen atoms in total.